The summed E-state index contributed by atoms with van der Waals surface area (Å²) in [6, 6.07) is 19.3. The summed E-state index contributed by atoms with van der Waals surface area (Å²) in [5.41, 5.74) is 2.93. The van der Waals surface area contributed by atoms with Crippen LogP contribution in [0, 0.1) is 5.82 Å². The Kier molecular flexibility index (Phi) is 5.14. The topological polar surface area (TPSA) is 29.5 Å². The molecule has 0 saturated carbocycles. The molecule has 1 N–H and O–H groups in total. The van der Waals surface area contributed by atoms with Gasteiger partial charge in [-0.25, -0.2) is 4.39 Å². The van der Waals surface area contributed by atoms with E-state index in [0.717, 1.165) is 5.56 Å². The minimum atomic E-state index is -0.377. The van der Waals surface area contributed by atoms with Crippen molar-refractivity contribution in [3.8, 4) is 16.9 Å². The summed E-state index contributed by atoms with van der Waals surface area (Å²) in [5.74, 6) is 0.210. The average Bonchev–Trinajstić information content (AvgIpc) is 2.63. The minimum Gasteiger partial charge on any atom is -0.488 e. The largest absolute Gasteiger partial charge is 0.488 e. The number of ether oxygens (including phenoxy) is 1. The molecular weight excluding hydrogens is 327 g/mol. The highest BCUT2D eigenvalue weighted by atomic mass is 35.5. The number of rotatable bonds is 5. The highest BCUT2D eigenvalue weighted by molar-refractivity contribution is 6.33. The van der Waals surface area contributed by atoms with E-state index in [9.17, 15) is 9.50 Å². The lowest BCUT2D eigenvalue weighted by Gasteiger charge is -2.14. The van der Waals surface area contributed by atoms with Crippen molar-refractivity contribution in [3.63, 3.8) is 0 Å². The molecule has 24 heavy (non-hydrogen) atoms. The van der Waals surface area contributed by atoms with Crippen LogP contribution in [0.1, 0.15) is 11.1 Å². The summed E-state index contributed by atoms with van der Waals surface area (Å²) in [6.07, 6.45) is 0. The molecule has 0 heterocycles. The van der Waals surface area contributed by atoms with Gasteiger partial charge in [0.1, 0.15) is 18.2 Å². The molecule has 2 nitrogen and oxygen atoms in total. The van der Waals surface area contributed by atoms with Gasteiger partial charge in [-0.2, -0.15) is 0 Å². The molecule has 0 atom stereocenters. The predicted molar refractivity (Wildman–Crippen MR) is 93.5 cm³/mol. The molecule has 3 aromatic carbocycles. The van der Waals surface area contributed by atoms with Gasteiger partial charge in [-0.15, -0.1) is 0 Å². The standard InChI is InChI=1S/C20H16ClFO2/c21-19-8-7-16(22)11-17(19)18-10-15(12-23)6-9-20(18)24-13-14-4-2-1-3-5-14/h1-11,23H,12-13H2. The van der Waals surface area contributed by atoms with Gasteiger partial charge >= 0.3 is 0 Å². The number of aliphatic hydroxyl groups is 1. The Morgan fingerprint density at radius 3 is 2.42 bits per heavy atom. The molecule has 0 bridgehead atoms. The zero-order valence-corrected chi connectivity index (χ0v) is 13.6. The van der Waals surface area contributed by atoms with Gasteiger partial charge < -0.3 is 9.84 Å². The molecule has 0 aliphatic rings. The fourth-order valence-corrected chi connectivity index (χ4v) is 2.67. The molecule has 4 heteroatoms. The summed E-state index contributed by atoms with van der Waals surface area (Å²) >= 11 is 6.23. The lowest BCUT2D eigenvalue weighted by atomic mass is 10.0. The van der Waals surface area contributed by atoms with E-state index < -0.39 is 0 Å². The zero-order valence-electron chi connectivity index (χ0n) is 12.9. The fraction of sp³-hybridized carbons (Fsp3) is 0.100. The lowest BCUT2D eigenvalue weighted by Crippen LogP contribution is -1.98. The quantitative estimate of drug-likeness (QED) is 0.689. The Labute approximate surface area is 145 Å². The van der Waals surface area contributed by atoms with Gasteiger partial charge in [0.25, 0.3) is 0 Å². The summed E-state index contributed by atoms with van der Waals surface area (Å²) in [5, 5.41) is 9.81. The summed E-state index contributed by atoms with van der Waals surface area (Å²) in [6.45, 7) is 0.276. The second-order valence-corrected chi connectivity index (χ2v) is 5.79. The van der Waals surface area contributed by atoms with Crippen molar-refractivity contribution in [2.75, 3.05) is 0 Å². The van der Waals surface area contributed by atoms with E-state index in [2.05, 4.69) is 0 Å². The summed E-state index contributed by atoms with van der Waals surface area (Å²) < 4.78 is 19.6. The van der Waals surface area contributed by atoms with Crippen LogP contribution in [-0.4, -0.2) is 5.11 Å². The molecule has 0 spiro atoms. The maximum Gasteiger partial charge on any atom is 0.127 e. The SMILES string of the molecule is OCc1ccc(OCc2ccccc2)c(-c2cc(F)ccc2Cl)c1. The van der Waals surface area contributed by atoms with Crippen molar-refractivity contribution in [1.82, 2.24) is 0 Å². The number of hydrogen-bond acceptors (Lipinski definition) is 2. The third-order valence-corrected chi connectivity index (χ3v) is 4.01. The Bertz CT molecular complexity index is 834. The second-order valence-electron chi connectivity index (χ2n) is 5.39. The van der Waals surface area contributed by atoms with Crippen LogP contribution >= 0.6 is 11.6 Å². The van der Waals surface area contributed by atoms with E-state index >= 15 is 0 Å². The van der Waals surface area contributed by atoms with Crippen LogP contribution in [0.25, 0.3) is 11.1 Å². The molecule has 3 aromatic rings. The molecule has 0 aliphatic heterocycles. The van der Waals surface area contributed by atoms with Crippen molar-refractivity contribution in [1.29, 1.82) is 0 Å². The first-order chi connectivity index (χ1) is 11.7. The van der Waals surface area contributed by atoms with Crippen LogP contribution < -0.4 is 4.74 Å². The molecular formula is C20H16ClFO2. The van der Waals surface area contributed by atoms with Gasteiger partial charge in [-0.05, 0) is 41.5 Å². The van der Waals surface area contributed by atoms with Gasteiger partial charge in [-0.1, -0.05) is 48.0 Å². The van der Waals surface area contributed by atoms with Crippen LogP contribution in [0.3, 0.4) is 0 Å². The molecule has 0 aliphatic carbocycles. The van der Waals surface area contributed by atoms with E-state index in [-0.39, 0.29) is 12.4 Å². The third kappa shape index (κ3) is 3.75. The lowest BCUT2D eigenvalue weighted by molar-refractivity contribution is 0.281. The number of halogens is 2. The van der Waals surface area contributed by atoms with Gasteiger partial charge in [-0.3, -0.25) is 0 Å². The van der Waals surface area contributed by atoms with Gasteiger partial charge in [0, 0.05) is 16.1 Å². The Balaban J connectivity index is 1.98. The Hall–Kier alpha value is -2.36. The second kappa shape index (κ2) is 7.47. The number of aliphatic hydroxyl groups excluding tert-OH is 1. The maximum atomic E-state index is 13.6. The normalized spacial score (nSPS) is 10.6. The number of hydrogen-bond donors (Lipinski definition) is 1. The minimum absolute atomic E-state index is 0.112. The van der Waals surface area contributed by atoms with Crippen molar-refractivity contribution in [2.24, 2.45) is 0 Å². The van der Waals surface area contributed by atoms with E-state index in [4.69, 9.17) is 16.3 Å². The van der Waals surface area contributed by atoms with Gasteiger partial charge in [0.15, 0.2) is 0 Å². The molecule has 0 fully saturated rings. The Morgan fingerprint density at radius 2 is 1.67 bits per heavy atom. The van der Waals surface area contributed by atoms with Crippen LogP contribution in [0.5, 0.6) is 5.75 Å². The van der Waals surface area contributed by atoms with Crippen molar-refractivity contribution < 1.29 is 14.2 Å². The van der Waals surface area contributed by atoms with Gasteiger partial charge in [0.2, 0.25) is 0 Å². The first-order valence-electron chi connectivity index (χ1n) is 7.53. The molecule has 0 amide bonds. The highest BCUT2D eigenvalue weighted by Gasteiger charge is 2.12. The first kappa shape index (κ1) is 16.5. The van der Waals surface area contributed by atoms with E-state index in [0.29, 0.717) is 34.1 Å². The Morgan fingerprint density at radius 1 is 0.875 bits per heavy atom. The van der Waals surface area contributed by atoms with Crippen LogP contribution in [-0.2, 0) is 13.2 Å². The molecule has 0 saturated heterocycles. The molecule has 122 valence electrons. The molecule has 0 radical (unpaired) electrons. The molecule has 3 rings (SSSR count). The summed E-state index contributed by atoms with van der Waals surface area (Å²) in [4.78, 5) is 0. The van der Waals surface area contributed by atoms with Crippen molar-refractivity contribution >= 4 is 11.6 Å². The summed E-state index contributed by atoms with van der Waals surface area (Å²) in [7, 11) is 0. The zero-order chi connectivity index (χ0) is 16.9. The van der Waals surface area contributed by atoms with Crippen molar-refractivity contribution in [3.05, 3.63) is 88.7 Å². The van der Waals surface area contributed by atoms with E-state index in [1.807, 2.05) is 30.3 Å². The smallest absolute Gasteiger partial charge is 0.127 e. The molecule has 0 unspecified atom stereocenters. The van der Waals surface area contributed by atoms with Crippen molar-refractivity contribution in [2.45, 2.75) is 13.2 Å². The molecule has 0 aromatic heterocycles. The third-order valence-electron chi connectivity index (χ3n) is 3.68. The predicted octanol–water partition coefficient (Wildman–Crippen LogP) is 5.22. The van der Waals surface area contributed by atoms with Crippen LogP contribution in [0.2, 0.25) is 5.02 Å². The monoisotopic (exact) mass is 342 g/mol. The van der Waals surface area contributed by atoms with E-state index in [1.165, 1.54) is 18.2 Å². The van der Waals surface area contributed by atoms with Crippen LogP contribution in [0.4, 0.5) is 4.39 Å². The maximum absolute atomic E-state index is 13.6. The van der Waals surface area contributed by atoms with Crippen LogP contribution in [0.15, 0.2) is 66.7 Å². The average molecular weight is 343 g/mol. The van der Waals surface area contributed by atoms with E-state index in [1.54, 1.807) is 18.2 Å². The number of benzene rings is 3. The fourth-order valence-electron chi connectivity index (χ4n) is 2.45. The highest BCUT2D eigenvalue weighted by Crippen LogP contribution is 2.36. The van der Waals surface area contributed by atoms with Gasteiger partial charge in [0.05, 0.1) is 6.61 Å². The first-order valence-corrected chi connectivity index (χ1v) is 7.91.